The van der Waals surface area contributed by atoms with Gasteiger partial charge in [0, 0.05) is 6.42 Å². The minimum Gasteiger partial charge on any atom is -0.491 e. The fourth-order valence-corrected chi connectivity index (χ4v) is 1.81. The van der Waals surface area contributed by atoms with Crippen molar-refractivity contribution in [3.8, 4) is 5.75 Å². The van der Waals surface area contributed by atoms with E-state index in [1.807, 2.05) is 30.3 Å². The number of halogens is 1. The molecule has 116 valence electrons. The predicted octanol–water partition coefficient (Wildman–Crippen LogP) is 2.89. The van der Waals surface area contributed by atoms with Gasteiger partial charge >= 0.3 is 0 Å². The summed E-state index contributed by atoms with van der Waals surface area (Å²) in [6.07, 6.45) is 0.821. The summed E-state index contributed by atoms with van der Waals surface area (Å²) in [7, 11) is 0. The fraction of sp³-hybridized carbons (Fsp3) is 0.235. The third-order valence-corrected chi connectivity index (χ3v) is 2.94. The van der Waals surface area contributed by atoms with Crippen molar-refractivity contribution in [2.75, 3.05) is 13.2 Å². The van der Waals surface area contributed by atoms with E-state index in [4.69, 9.17) is 9.57 Å². The van der Waals surface area contributed by atoms with Crippen LogP contribution in [0.15, 0.2) is 54.6 Å². The summed E-state index contributed by atoms with van der Waals surface area (Å²) in [5, 5.41) is 0. The molecule has 22 heavy (non-hydrogen) atoms. The fourth-order valence-electron chi connectivity index (χ4n) is 1.81. The Morgan fingerprint density at radius 3 is 2.45 bits per heavy atom. The first-order valence-corrected chi connectivity index (χ1v) is 7.07. The molecule has 0 bridgehead atoms. The van der Waals surface area contributed by atoms with Gasteiger partial charge in [0.2, 0.25) is 5.91 Å². The van der Waals surface area contributed by atoms with Crippen LogP contribution in [0.4, 0.5) is 4.39 Å². The van der Waals surface area contributed by atoms with Crippen LogP contribution in [0, 0.1) is 5.82 Å². The maximum atomic E-state index is 12.7. The van der Waals surface area contributed by atoms with Crippen LogP contribution in [-0.4, -0.2) is 19.1 Å². The second-order valence-corrected chi connectivity index (χ2v) is 4.66. The molecule has 0 heterocycles. The van der Waals surface area contributed by atoms with Crippen LogP contribution in [0.25, 0.3) is 0 Å². The number of aryl methyl sites for hydroxylation is 1. The van der Waals surface area contributed by atoms with Gasteiger partial charge in [0.1, 0.15) is 24.8 Å². The van der Waals surface area contributed by atoms with Gasteiger partial charge in [0.25, 0.3) is 0 Å². The van der Waals surface area contributed by atoms with Crippen LogP contribution in [0.2, 0.25) is 0 Å². The van der Waals surface area contributed by atoms with Gasteiger partial charge in [0.15, 0.2) is 0 Å². The molecule has 0 aromatic heterocycles. The van der Waals surface area contributed by atoms with Crippen LogP contribution in [0.3, 0.4) is 0 Å². The second kappa shape index (κ2) is 8.79. The van der Waals surface area contributed by atoms with E-state index >= 15 is 0 Å². The smallest absolute Gasteiger partial charge is 0.243 e. The van der Waals surface area contributed by atoms with Gasteiger partial charge in [-0.25, -0.2) is 9.87 Å². The van der Waals surface area contributed by atoms with Gasteiger partial charge in [0.05, 0.1) is 0 Å². The van der Waals surface area contributed by atoms with E-state index in [0.29, 0.717) is 13.0 Å². The first-order valence-electron chi connectivity index (χ1n) is 7.07. The number of rotatable bonds is 8. The Bertz CT molecular complexity index is 572. The summed E-state index contributed by atoms with van der Waals surface area (Å²) >= 11 is 0. The number of para-hydroxylation sites is 1. The molecule has 1 amide bonds. The van der Waals surface area contributed by atoms with E-state index in [1.54, 1.807) is 12.1 Å². The highest BCUT2D eigenvalue weighted by Crippen LogP contribution is 2.07. The lowest BCUT2D eigenvalue weighted by Crippen LogP contribution is -2.26. The Morgan fingerprint density at radius 2 is 1.73 bits per heavy atom. The molecule has 2 rings (SSSR count). The van der Waals surface area contributed by atoms with Crippen molar-refractivity contribution < 1.29 is 18.8 Å². The molecule has 0 aliphatic rings. The molecule has 1 N–H and O–H groups in total. The van der Waals surface area contributed by atoms with Crippen molar-refractivity contribution in [1.82, 2.24) is 5.48 Å². The maximum absolute atomic E-state index is 12.7. The lowest BCUT2D eigenvalue weighted by atomic mass is 10.1. The Hall–Kier alpha value is -2.40. The average molecular weight is 303 g/mol. The molecule has 2 aromatic carbocycles. The summed E-state index contributed by atoms with van der Waals surface area (Å²) in [6, 6.07) is 15.5. The maximum Gasteiger partial charge on any atom is 0.243 e. The van der Waals surface area contributed by atoms with Crippen molar-refractivity contribution in [2.45, 2.75) is 12.8 Å². The van der Waals surface area contributed by atoms with E-state index < -0.39 is 0 Å². The normalized spacial score (nSPS) is 10.2. The number of hydroxylamine groups is 1. The lowest BCUT2D eigenvalue weighted by molar-refractivity contribution is -0.134. The van der Waals surface area contributed by atoms with E-state index in [0.717, 1.165) is 11.3 Å². The minimum absolute atomic E-state index is 0.218. The molecule has 4 nitrogen and oxygen atoms in total. The van der Waals surface area contributed by atoms with Crippen molar-refractivity contribution in [1.29, 1.82) is 0 Å². The number of ether oxygens (including phenoxy) is 1. The zero-order valence-corrected chi connectivity index (χ0v) is 12.1. The third kappa shape index (κ3) is 5.93. The van der Waals surface area contributed by atoms with Crippen molar-refractivity contribution in [3.05, 3.63) is 66.0 Å². The van der Waals surface area contributed by atoms with Gasteiger partial charge in [-0.15, -0.1) is 0 Å². The quantitative estimate of drug-likeness (QED) is 0.602. The molecular formula is C17H18FNO3. The topological polar surface area (TPSA) is 47.6 Å². The first-order chi connectivity index (χ1) is 10.7. The minimum atomic E-state index is -0.282. The molecular weight excluding hydrogens is 285 g/mol. The van der Waals surface area contributed by atoms with Crippen molar-refractivity contribution in [3.63, 3.8) is 0 Å². The molecule has 0 atom stereocenters. The molecule has 0 aliphatic heterocycles. The summed E-state index contributed by atoms with van der Waals surface area (Å²) in [6.45, 7) is 0.611. The molecule has 0 aliphatic carbocycles. The SMILES string of the molecule is O=C(CCc1ccc(F)cc1)NOCCOc1ccccc1. The number of carbonyl (C=O) groups excluding carboxylic acids is 1. The second-order valence-electron chi connectivity index (χ2n) is 4.66. The van der Waals surface area contributed by atoms with Gasteiger partial charge in [-0.3, -0.25) is 9.63 Å². The largest absolute Gasteiger partial charge is 0.491 e. The molecule has 0 spiro atoms. The summed E-state index contributed by atoms with van der Waals surface area (Å²) in [5.41, 5.74) is 3.26. The molecule has 0 fully saturated rings. The van der Waals surface area contributed by atoms with Gasteiger partial charge in [-0.2, -0.15) is 0 Å². The molecule has 2 aromatic rings. The standard InChI is InChI=1S/C17H18FNO3/c18-15-9-6-14(7-10-15)8-11-17(20)19-22-13-12-21-16-4-2-1-3-5-16/h1-7,9-10H,8,11-13H2,(H,19,20). The Labute approximate surface area is 128 Å². The lowest BCUT2D eigenvalue weighted by Gasteiger charge is -2.08. The highest BCUT2D eigenvalue weighted by Gasteiger charge is 2.02. The van der Waals surface area contributed by atoms with Crippen LogP contribution in [-0.2, 0) is 16.1 Å². The van der Waals surface area contributed by atoms with Gasteiger partial charge in [-0.05, 0) is 36.2 Å². The molecule has 0 unspecified atom stereocenters. The number of benzene rings is 2. The molecule has 0 radical (unpaired) electrons. The van der Waals surface area contributed by atoms with Crippen molar-refractivity contribution >= 4 is 5.91 Å². The highest BCUT2D eigenvalue weighted by atomic mass is 19.1. The zero-order valence-electron chi connectivity index (χ0n) is 12.1. The summed E-state index contributed by atoms with van der Waals surface area (Å²) in [4.78, 5) is 16.6. The summed E-state index contributed by atoms with van der Waals surface area (Å²) in [5.74, 6) is 0.257. The van der Waals surface area contributed by atoms with Crippen LogP contribution >= 0.6 is 0 Å². The van der Waals surface area contributed by atoms with E-state index in [9.17, 15) is 9.18 Å². The summed E-state index contributed by atoms with van der Waals surface area (Å²) < 4.78 is 18.2. The number of hydrogen-bond acceptors (Lipinski definition) is 3. The monoisotopic (exact) mass is 303 g/mol. The third-order valence-electron chi connectivity index (χ3n) is 2.94. The van der Waals surface area contributed by atoms with E-state index in [2.05, 4.69) is 5.48 Å². The zero-order chi connectivity index (χ0) is 15.6. The van der Waals surface area contributed by atoms with E-state index in [1.165, 1.54) is 12.1 Å². The molecule has 5 heteroatoms. The Morgan fingerprint density at radius 1 is 1.00 bits per heavy atom. The van der Waals surface area contributed by atoms with Gasteiger partial charge < -0.3 is 4.74 Å². The number of nitrogens with one attached hydrogen (secondary N) is 1. The van der Waals surface area contributed by atoms with Crippen LogP contribution in [0.5, 0.6) is 5.75 Å². The Balaban J connectivity index is 1.55. The number of carbonyl (C=O) groups is 1. The molecule has 0 saturated heterocycles. The number of amides is 1. The van der Waals surface area contributed by atoms with Crippen LogP contribution in [0.1, 0.15) is 12.0 Å². The van der Waals surface area contributed by atoms with Gasteiger partial charge in [-0.1, -0.05) is 30.3 Å². The highest BCUT2D eigenvalue weighted by molar-refractivity contribution is 5.75. The van der Waals surface area contributed by atoms with Crippen molar-refractivity contribution in [2.24, 2.45) is 0 Å². The first kappa shape index (κ1) is 16.0. The van der Waals surface area contributed by atoms with Crippen LogP contribution < -0.4 is 10.2 Å². The predicted molar refractivity (Wildman–Crippen MR) is 80.8 cm³/mol. The number of hydrogen-bond donors (Lipinski definition) is 1. The Kier molecular flexibility index (Phi) is 6.39. The van der Waals surface area contributed by atoms with E-state index in [-0.39, 0.29) is 24.8 Å². The average Bonchev–Trinajstić information content (AvgIpc) is 2.55. The molecule has 0 saturated carbocycles.